The molecule has 51 heavy (non-hydrogen) atoms. The molecule has 0 aromatic heterocycles. The van der Waals surface area contributed by atoms with Crippen molar-refractivity contribution in [3.05, 3.63) is 108 Å². The molecular formula is C43H48O8. The molecule has 4 aromatic rings. The first-order valence-corrected chi connectivity index (χ1v) is 18.5. The van der Waals surface area contributed by atoms with Crippen molar-refractivity contribution in [3.63, 3.8) is 0 Å². The van der Waals surface area contributed by atoms with Gasteiger partial charge < -0.3 is 0 Å². The van der Waals surface area contributed by atoms with Gasteiger partial charge in [-0.1, -0.05) is 131 Å². The van der Waals surface area contributed by atoms with Crippen molar-refractivity contribution in [3.8, 4) is 0 Å². The first kappa shape index (κ1) is 37.3. The summed E-state index contributed by atoms with van der Waals surface area (Å²) in [5.74, 6) is -2.23. The number of fused-ring (bicyclic) bond motifs is 2. The first-order chi connectivity index (χ1) is 24.9. The van der Waals surface area contributed by atoms with Crippen LogP contribution in [0.3, 0.4) is 0 Å². The predicted molar refractivity (Wildman–Crippen MR) is 196 cm³/mol. The topological polar surface area (TPSA) is 105 Å². The molecule has 0 saturated heterocycles. The summed E-state index contributed by atoms with van der Waals surface area (Å²) in [4.78, 5) is 70.6. The van der Waals surface area contributed by atoms with E-state index in [1.165, 1.54) is 19.3 Å². The number of rotatable bonds is 16. The second-order valence-corrected chi connectivity index (χ2v) is 13.5. The maximum absolute atomic E-state index is 13.4. The molecule has 0 saturated carbocycles. The van der Waals surface area contributed by atoms with E-state index >= 15 is 0 Å². The summed E-state index contributed by atoms with van der Waals surface area (Å²) >= 11 is 0. The molecule has 8 heteroatoms. The maximum atomic E-state index is 13.4. The van der Waals surface area contributed by atoms with Crippen LogP contribution in [0.4, 0.5) is 0 Å². The third kappa shape index (κ3) is 11.0. The first-order valence-electron chi connectivity index (χ1n) is 18.5. The van der Waals surface area contributed by atoms with Crippen molar-refractivity contribution in [2.24, 2.45) is 11.8 Å². The minimum Gasteiger partial charge on any atom is -0.247 e. The molecular weight excluding hydrogens is 644 g/mol. The second kappa shape index (κ2) is 19.4. The highest BCUT2D eigenvalue weighted by molar-refractivity contribution is 6.04. The molecule has 1 aliphatic carbocycles. The summed E-state index contributed by atoms with van der Waals surface area (Å²) in [5, 5.41) is 3.54. The van der Waals surface area contributed by atoms with Crippen molar-refractivity contribution in [1.82, 2.24) is 0 Å². The Hall–Kier alpha value is -4.98. The maximum Gasteiger partial charge on any atom is 0.386 e. The molecule has 8 nitrogen and oxygen atoms in total. The van der Waals surface area contributed by atoms with Crippen LogP contribution in [0.15, 0.2) is 96.6 Å². The van der Waals surface area contributed by atoms with Gasteiger partial charge in [0, 0.05) is 5.57 Å². The number of allylic oxidation sites excluding steroid dienone is 1. The van der Waals surface area contributed by atoms with Crippen molar-refractivity contribution < 1.29 is 38.7 Å². The normalized spacial score (nSPS) is 15.6. The van der Waals surface area contributed by atoms with Gasteiger partial charge in [-0.3, -0.25) is 0 Å². The molecule has 2 atom stereocenters. The number of hydrogen-bond acceptors (Lipinski definition) is 8. The van der Waals surface area contributed by atoms with Crippen LogP contribution in [-0.2, 0) is 29.1 Å². The van der Waals surface area contributed by atoms with Crippen molar-refractivity contribution in [2.75, 3.05) is 0 Å². The van der Waals surface area contributed by atoms with Crippen molar-refractivity contribution in [1.29, 1.82) is 0 Å². The van der Waals surface area contributed by atoms with E-state index in [0.29, 0.717) is 29.0 Å². The average Bonchev–Trinajstić information content (AvgIpc) is 3.17. The third-order valence-corrected chi connectivity index (χ3v) is 9.74. The zero-order valence-electron chi connectivity index (χ0n) is 29.5. The smallest absolute Gasteiger partial charge is 0.247 e. The van der Waals surface area contributed by atoms with E-state index < -0.39 is 23.9 Å². The van der Waals surface area contributed by atoms with Crippen LogP contribution in [0, 0.1) is 11.8 Å². The zero-order chi connectivity index (χ0) is 35.8. The van der Waals surface area contributed by atoms with Crippen molar-refractivity contribution in [2.45, 2.75) is 96.8 Å². The molecule has 268 valence electrons. The zero-order valence-corrected chi connectivity index (χ0v) is 29.5. The molecule has 0 fully saturated rings. The lowest BCUT2D eigenvalue weighted by atomic mass is 9.78. The molecule has 2 unspecified atom stereocenters. The van der Waals surface area contributed by atoms with Crippen LogP contribution in [0.1, 0.15) is 118 Å². The molecule has 1 aliphatic rings. The summed E-state index contributed by atoms with van der Waals surface area (Å²) in [7, 11) is 0. The number of carbonyl (C=O) groups is 4. The van der Waals surface area contributed by atoms with Crippen LogP contribution in [0.25, 0.3) is 21.5 Å². The molecule has 4 aromatic carbocycles. The lowest BCUT2D eigenvalue weighted by Gasteiger charge is -2.27. The van der Waals surface area contributed by atoms with Gasteiger partial charge in [-0.15, -0.1) is 0 Å². The van der Waals surface area contributed by atoms with Crippen LogP contribution in [0.5, 0.6) is 0 Å². The van der Waals surface area contributed by atoms with Gasteiger partial charge in [0.05, 0.1) is 17.5 Å². The molecule has 0 heterocycles. The number of benzene rings is 4. The van der Waals surface area contributed by atoms with Gasteiger partial charge in [0.1, 0.15) is 0 Å². The van der Waals surface area contributed by atoms with Crippen LogP contribution >= 0.6 is 0 Å². The SMILES string of the molecule is CCCCCCC1C=C(C(=O)OOC(=O)c2cccc3ccccc23)C(CCCCCCCC(=O)OOC(=O)c2ccc3ccccc3c2)CC1. The largest absolute Gasteiger partial charge is 0.386 e. The van der Waals surface area contributed by atoms with E-state index in [1.807, 2.05) is 60.7 Å². The molecule has 0 radical (unpaired) electrons. The lowest BCUT2D eigenvalue weighted by molar-refractivity contribution is -0.234. The molecule has 0 N–H and O–H groups in total. The van der Waals surface area contributed by atoms with Gasteiger partial charge in [-0.05, 0) is 83.7 Å². The summed E-state index contributed by atoms with van der Waals surface area (Å²) in [5.41, 5.74) is 1.27. The van der Waals surface area contributed by atoms with Crippen molar-refractivity contribution >= 4 is 45.4 Å². The minimum atomic E-state index is -0.708. The summed E-state index contributed by atoms with van der Waals surface area (Å²) in [6, 6.07) is 25.7. The van der Waals surface area contributed by atoms with Gasteiger partial charge in [0.25, 0.3) is 0 Å². The van der Waals surface area contributed by atoms with E-state index in [2.05, 4.69) is 13.0 Å². The fourth-order valence-corrected chi connectivity index (χ4v) is 6.89. The van der Waals surface area contributed by atoms with E-state index in [0.717, 1.165) is 79.3 Å². The summed E-state index contributed by atoms with van der Waals surface area (Å²) < 4.78 is 0. The van der Waals surface area contributed by atoms with Gasteiger partial charge in [-0.25, -0.2) is 38.7 Å². The second-order valence-electron chi connectivity index (χ2n) is 13.5. The number of hydrogen-bond donors (Lipinski definition) is 0. The Morgan fingerprint density at radius 3 is 2.10 bits per heavy atom. The quantitative estimate of drug-likeness (QED) is 0.0649. The van der Waals surface area contributed by atoms with E-state index in [9.17, 15) is 19.2 Å². The Kier molecular flexibility index (Phi) is 14.2. The average molecular weight is 693 g/mol. The molecule has 0 amide bonds. The Bertz CT molecular complexity index is 1820. The van der Waals surface area contributed by atoms with Crippen LogP contribution in [-0.4, -0.2) is 23.9 Å². The van der Waals surface area contributed by atoms with Gasteiger partial charge in [0.2, 0.25) is 0 Å². The Balaban J connectivity index is 1.04. The predicted octanol–water partition coefficient (Wildman–Crippen LogP) is 10.6. The molecule has 0 spiro atoms. The molecule has 0 aliphatic heterocycles. The number of carbonyl (C=O) groups excluding carboxylic acids is 4. The van der Waals surface area contributed by atoms with Gasteiger partial charge in [-0.2, -0.15) is 0 Å². The number of unbranched alkanes of at least 4 members (excludes halogenated alkanes) is 7. The minimum absolute atomic E-state index is 0.0351. The van der Waals surface area contributed by atoms with Gasteiger partial charge in [0.15, 0.2) is 0 Å². The summed E-state index contributed by atoms with van der Waals surface area (Å²) in [6.45, 7) is 2.19. The Morgan fingerprint density at radius 1 is 0.588 bits per heavy atom. The van der Waals surface area contributed by atoms with Crippen LogP contribution in [0.2, 0.25) is 0 Å². The fourth-order valence-electron chi connectivity index (χ4n) is 6.89. The summed E-state index contributed by atoms with van der Waals surface area (Å²) in [6.07, 6.45) is 14.9. The highest BCUT2D eigenvalue weighted by Gasteiger charge is 2.30. The highest BCUT2D eigenvalue weighted by Crippen LogP contribution is 2.35. The van der Waals surface area contributed by atoms with Gasteiger partial charge >= 0.3 is 23.9 Å². The van der Waals surface area contributed by atoms with E-state index in [4.69, 9.17) is 19.6 Å². The standard InChI is InChI=1S/C43H48O8/c1-2-3-4-8-16-31-25-26-34(39(29-31)43(47)51-50-42(46)38-23-15-21-33-19-13-14-22-37(33)38)18-9-6-5-7-10-24-40(44)48-49-41(45)36-28-27-32-17-11-12-20-35(32)30-36/h11-15,17,19-23,27-31,34H,2-10,16,18,24-26H2,1H3. The van der Waals surface area contributed by atoms with Crippen LogP contribution < -0.4 is 0 Å². The molecule has 0 bridgehead atoms. The van der Waals surface area contributed by atoms with E-state index in [-0.39, 0.29) is 12.3 Å². The van der Waals surface area contributed by atoms with E-state index in [1.54, 1.807) is 24.3 Å². The highest BCUT2D eigenvalue weighted by atomic mass is 17.2. The Morgan fingerprint density at radius 2 is 1.25 bits per heavy atom. The Labute approximate surface area is 300 Å². The third-order valence-electron chi connectivity index (χ3n) is 9.74. The lowest BCUT2D eigenvalue weighted by Crippen LogP contribution is -2.23. The monoisotopic (exact) mass is 692 g/mol. The molecule has 5 rings (SSSR count). The fraction of sp³-hybridized carbons (Fsp3) is 0.395.